The molecule has 1 aromatic heterocycles. The quantitative estimate of drug-likeness (QED) is 0.691. The van der Waals surface area contributed by atoms with Crippen LogP contribution in [0.25, 0.3) is 20.8 Å². The summed E-state index contributed by atoms with van der Waals surface area (Å²) in [5.41, 5.74) is 1.71. The summed E-state index contributed by atoms with van der Waals surface area (Å²) in [6.07, 6.45) is 0. The van der Waals surface area contributed by atoms with Gasteiger partial charge in [0.1, 0.15) is 16.6 Å². The number of aromatic nitrogens is 1. The molecular weight excluding hydrogens is 249 g/mol. The maximum Gasteiger partial charge on any atom is 0.125 e. The van der Waals surface area contributed by atoms with Crippen molar-refractivity contribution < 1.29 is 9.13 Å². The predicted molar refractivity (Wildman–Crippen MR) is 71.6 cm³/mol. The Morgan fingerprint density at radius 3 is 2.61 bits per heavy atom. The molecule has 1 heterocycles. The van der Waals surface area contributed by atoms with E-state index in [1.54, 1.807) is 24.5 Å². The fourth-order valence-electron chi connectivity index (χ4n) is 1.76. The molecule has 0 aliphatic carbocycles. The molecule has 0 aliphatic rings. The van der Waals surface area contributed by atoms with Crippen molar-refractivity contribution in [3.63, 3.8) is 0 Å². The van der Waals surface area contributed by atoms with Crippen molar-refractivity contribution in [1.82, 2.24) is 4.98 Å². The van der Waals surface area contributed by atoms with Gasteiger partial charge in [-0.15, -0.1) is 11.3 Å². The van der Waals surface area contributed by atoms with Crippen LogP contribution in [0.3, 0.4) is 0 Å². The predicted octanol–water partition coefficient (Wildman–Crippen LogP) is 4.11. The molecule has 2 nitrogen and oxygen atoms in total. The molecule has 0 fully saturated rings. The second-order valence-corrected chi connectivity index (χ2v) is 4.89. The molecule has 0 N–H and O–H groups in total. The summed E-state index contributed by atoms with van der Waals surface area (Å²) in [5, 5.41) is 0.887. The topological polar surface area (TPSA) is 22.1 Å². The zero-order valence-corrected chi connectivity index (χ0v) is 10.5. The Labute approximate surface area is 108 Å². The first kappa shape index (κ1) is 11.2. The van der Waals surface area contributed by atoms with Crippen molar-refractivity contribution in [3.8, 4) is 16.3 Å². The molecule has 0 atom stereocenters. The summed E-state index contributed by atoms with van der Waals surface area (Å²) in [4.78, 5) is 4.44. The molecule has 3 rings (SSSR count). The number of hydrogen-bond acceptors (Lipinski definition) is 3. The van der Waals surface area contributed by atoms with Gasteiger partial charge in [0.05, 0.1) is 17.3 Å². The van der Waals surface area contributed by atoms with E-state index in [-0.39, 0.29) is 5.82 Å². The molecule has 90 valence electrons. The molecule has 0 amide bonds. The summed E-state index contributed by atoms with van der Waals surface area (Å²) in [6.45, 7) is 0. The molecule has 0 radical (unpaired) electrons. The third-order valence-electron chi connectivity index (χ3n) is 2.69. The molecule has 0 saturated carbocycles. The number of benzene rings is 2. The van der Waals surface area contributed by atoms with E-state index < -0.39 is 0 Å². The highest BCUT2D eigenvalue weighted by atomic mass is 32.1. The first-order valence-corrected chi connectivity index (χ1v) is 6.28. The Kier molecular flexibility index (Phi) is 2.72. The second-order valence-electron chi connectivity index (χ2n) is 3.86. The van der Waals surface area contributed by atoms with E-state index in [2.05, 4.69) is 4.98 Å². The summed E-state index contributed by atoms with van der Waals surface area (Å²) in [5.74, 6) is 0.556. The SMILES string of the molecule is COc1ccc(-c2nc3cc(F)ccc3s2)cc1. The van der Waals surface area contributed by atoms with E-state index in [0.29, 0.717) is 5.52 Å². The number of halogens is 1. The van der Waals surface area contributed by atoms with E-state index >= 15 is 0 Å². The lowest BCUT2D eigenvalue weighted by atomic mass is 10.2. The number of ether oxygens (including phenoxy) is 1. The standard InChI is InChI=1S/C14H10FNOS/c1-17-11-5-2-9(3-6-11)14-16-12-8-10(15)4-7-13(12)18-14/h2-8H,1H3. The Morgan fingerprint density at radius 1 is 1.11 bits per heavy atom. The van der Waals surface area contributed by atoms with Crippen molar-refractivity contribution >= 4 is 21.6 Å². The number of thiazole rings is 1. The molecule has 4 heteroatoms. The fraction of sp³-hybridized carbons (Fsp3) is 0.0714. The average molecular weight is 259 g/mol. The van der Waals surface area contributed by atoms with Crippen LogP contribution < -0.4 is 4.74 Å². The lowest BCUT2D eigenvalue weighted by molar-refractivity contribution is 0.415. The van der Waals surface area contributed by atoms with Crippen molar-refractivity contribution in [2.24, 2.45) is 0 Å². The van der Waals surface area contributed by atoms with Gasteiger partial charge in [-0.1, -0.05) is 0 Å². The number of nitrogens with zero attached hydrogens (tertiary/aromatic N) is 1. The maximum absolute atomic E-state index is 13.1. The van der Waals surface area contributed by atoms with Crippen LogP contribution in [0.15, 0.2) is 42.5 Å². The molecule has 2 aromatic carbocycles. The lowest BCUT2D eigenvalue weighted by Gasteiger charge is -1.99. The van der Waals surface area contributed by atoms with Crippen LogP contribution in [-0.4, -0.2) is 12.1 Å². The first-order valence-electron chi connectivity index (χ1n) is 5.47. The van der Waals surface area contributed by atoms with Crippen molar-refractivity contribution in [1.29, 1.82) is 0 Å². The number of hydrogen-bond donors (Lipinski definition) is 0. The van der Waals surface area contributed by atoms with E-state index in [1.807, 2.05) is 24.3 Å². The molecular formula is C14H10FNOS. The average Bonchev–Trinajstić information content (AvgIpc) is 2.81. The minimum atomic E-state index is -0.255. The van der Waals surface area contributed by atoms with Gasteiger partial charge < -0.3 is 4.74 Å². The number of methoxy groups -OCH3 is 1. The third kappa shape index (κ3) is 1.95. The smallest absolute Gasteiger partial charge is 0.125 e. The van der Waals surface area contributed by atoms with Gasteiger partial charge in [0.15, 0.2) is 0 Å². The van der Waals surface area contributed by atoms with Crippen molar-refractivity contribution in [2.75, 3.05) is 7.11 Å². The highest BCUT2D eigenvalue weighted by molar-refractivity contribution is 7.21. The largest absolute Gasteiger partial charge is 0.497 e. The Hall–Kier alpha value is -1.94. The van der Waals surface area contributed by atoms with Crippen LogP contribution in [0, 0.1) is 5.82 Å². The van der Waals surface area contributed by atoms with Gasteiger partial charge in [-0.2, -0.15) is 0 Å². The lowest BCUT2D eigenvalue weighted by Crippen LogP contribution is -1.82. The summed E-state index contributed by atoms with van der Waals surface area (Å²) < 4.78 is 19.2. The minimum Gasteiger partial charge on any atom is -0.497 e. The van der Waals surface area contributed by atoms with Gasteiger partial charge in [0, 0.05) is 11.6 Å². The number of fused-ring (bicyclic) bond motifs is 1. The van der Waals surface area contributed by atoms with Crippen molar-refractivity contribution in [3.05, 3.63) is 48.3 Å². The van der Waals surface area contributed by atoms with E-state index in [0.717, 1.165) is 21.0 Å². The minimum absolute atomic E-state index is 0.255. The van der Waals surface area contributed by atoms with Crippen LogP contribution in [0.1, 0.15) is 0 Å². The molecule has 3 aromatic rings. The van der Waals surface area contributed by atoms with E-state index in [9.17, 15) is 4.39 Å². The molecule has 0 bridgehead atoms. The van der Waals surface area contributed by atoms with Crippen LogP contribution in [0.5, 0.6) is 5.75 Å². The Morgan fingerprint density at radius 2 is 1.89 bits per heavy atom. The maximum atomic E-state index is 13.1. The molecule has 0 unspecified atom stereocenters. The van der Waals surface area contributed by atoms with E-state index in [1.165, 1.54) is 12.1 Å². The zero-order chi connectivity index (χ0) is 12.5. The fourth-order valence-corrected chi connectivity index (χ4v) is 2.71. The summed E-state index contributed by atoms with van der Waals surface area (Å²) >= 11 is 1.55. The van der Waals surface area contributed by atoms with Gasteiger partial charge >= 0.3 is 0 Å². The second kappa shape index (κ2) is 4.38. The number of rotatable bonds is 2. The Balaban J connectivity index is 2.07. The molecule has 18 heavy (non-hydrogen) atoms. The van der Waals surface area contributed by atoms with Gasteiger partial charge in [0.2, 0.25) is 0 Å². The van der Waals surface area contributed by atoms with Crippen LogP contribution in [0.2, 0.25) is 0 Å². The first-order chi connectivity index (χ1) is 8.76. The molecule has 0 saturated heterocycles. The zero-order valence-electron chi connectivity index (χ0n) is 9.68. The normalized spacial score (nSPS) is 10.8. The third-order valence-corrected chi connectivity index (χ3v) is 3.77. The Bertz CT molecular complexity index is 691. The van der Waals surface area contributed by atoms with Gasteiger partial charge in [-0.05, 0) is 36.4 Å². The van der Waals surface area contributed by atoms with Gasteiger partial charge in [0.25, 0.3) is 0 Å². The van der Waals surface area contributed by atoms with Crippen LogP contribution >= 0.6 is 11.3 Å². The molecule has 0 spiro atoms. The summed E-state index contributed by atoms with van der Waals surface area (Å²) in [6, 6.07) is 12.4. The van der Waals surface area contributed by atoms with Gasteiger partial charge in [-0.3, -0.25) is 0 Å². The van der Waals surface area contributed by atoms with Crippen LogP contribution in [0.4, 0.5) is 4.39 Å². The summed E-state index contributed by atoms with van der Waals surface area (Å²) in [7, 11) is 1.63. The van der Waals surface area contributed by atoms with Crippen LogP contribution in [-0.2, 0) is 0 Å². The van der Waals surface area contributed by atoms with Crippen molar-refractivity contribution in [2.45, 2.75) is 0 Å². The highest BCUT2D eigenvalue weighted by Gasteiger charge is 2.07. The van der Waals surface area contributed by atoms with E-state index in [4.69, 9.17) is 4.74 Å². The van der Waals surface area contributed by atoms with Gasteiger partial charge in [-0.25, -0.2) is 9.37 Å². The highest BCUT2D eigenvalue weighted by Crippen LogP contribution is 2.31. The monoisotopic (exact) mass is 259 g/mol. The molecule has 0 aliphatic heterocycles.